The number of rotatable bonds is 6. The fourth-order valence-electron chi connectivity index (χ4n) is 3.80. The molecule has 0 atom stereocenters. The highest BCUT2D eigenvalue weighted by Gasteiger charge is 2.16. The van der Waals surface area contributed by atoms with E-state index in [0.29, 0.717) is 5.92 Å². The van der Waals surface area contributed by atoms with Crippen molar-refractivity contribution >= 4 is 22.7 Å². The summed E-state index contributed by atoms with van der Waals surface area (Å²) >= 11 is 0. The molecule has 0 amide bonds. The van der Waals surface area contributed by atoms with E-state index in [1.165, 1.54) is 11.3 Å². The van der Waals surface area contributed by atoms with Crippen molar-refractivity contribution in [1.82, 2.24) is 14.9 Å². The molecule has 2 aromatic carbocycles. The molecule has 5 nitrogen and oxygen atoms in total. The van der Waals surface area contributed by atoms with Crippen LogP contribution in [0.25, 0.3) is 11.0 Å². The molecule has 0 bridgehead atoms. The molecule has 1 aromatic heterocycles. The zero-order valence-corrected chi connectivity index (χ0v) is 16.3. The van der Waals surface area contributed by atoms with Crippen LogP contribution in [0.3, 0.4) is 0 Å². The Kier molecular flexibility index (Phi) is 5.30. The number of aromatic nitrogens is 2. The third-order valence-electron chi connectivity index (χ3n) is 5.38. The summed E-state index contributed by atoms with van der Waals surface area (Å²) in [5, 5.41) is 3.47. The smallest absolute Gasteiger partial charge is 0.201 e. The zero-order valence-electron chi connectivity index (χ0n) is 16.3. The summed E-state index contributed by atoms with van der Waals surface area (Å²) in [7, 11) is 0. The van der Waals surface area contributed by atoms with Crippen molar-refractivity contribution in [3.63, 3.8) is 0 Å². The first-order valence-electron chi connectivity index (χ1n) is 9.95. The van der Waals surface area contributed by atoms with Gasteiger partial charge < -0.3 is 15.2 Å². The number of para-hydroxylation sites is 2. The van der Waals surface area contributed by atoms with Crippen molar-refractivity contribution in [2.24, 2.45) is 0 Å². The van der Waals surface area contributed by atoms with Crippen LogP contribution in [0, 0.1) is 0 Å². The molecule has 1 aliphatic heterocycles. The van der Waals surface area contributed by atoms with E-state index in [4.69, 9.17) is 4.98 Å². The Labute approximate surface area is 161 Å². The molecule has 3 aromatic rings. The van der Waals surface area contributed by atoms with E-state index < -0.39 is 0 Å². The number of hydrogen-bond donors (Lipinski definition) is 2. The lowest BCUT2D eigenvalue weighted by Gasteiger charge is -2.36. The Morgan fingerprint density at radius 1 is 1.00 bits per heavy atom. The second-order valence-corrected chi connectivity index (χ2v) is 7.57. The Bertz CT molecular complexity index is 863. The van der Waals surface area contributed by atoms with Crippen molar-refractivity contribution in [3.8, 4) is 0 Å². The van der Waals surface area contributed by atoms with Crippen LogP contribution in [-0.2, 0) is 0 Å². The summed E-state index contributed by atoms with van der Waals surface area (Å²) < 4.78 is 0. The van der Waals surface area contributed by atoms with E-state index in [9.17, 15) is 0 Å². The topological polar surface area (TPSA) is 47.2 Å². The number of hydrogen-bond acceptors (Lipinski definition) is 4. The number of anilines is 2. The van der Waals surface area contributed by atoms with Crippen LogP contribution in [0.2, 0.25) is 0 Å². The quantitative estimate of drug-likeness (QED) is 0.697. The molecule has 0 radical (unpaired) electrons. The van der Waals surface area contributed by atoms with Crippen LogP contribution in [0.15, 0.2) is 48.5 Å². The summed E-state index contributed by atoms with van der Waals surface area (Å²) in [6, 6.07) is 17.1. The SMILES string of the molecule is CC(C)c1cccc2[nH]c(NCCN3CCN(c4ccccc4)CC3)nc12. The monoisotopic (exact) mass is 363 g/mol. The number of fused-ring (bicyclic) bond motifs is 1. The van der Waals surface area contributed by atoms with Crippen molar-refractivity contribution in [3.05, 3.63) is 54.1 Å². The predicted molar refractivity (Wildman–Crippen MR) is 114 cm³/mol. The minimum Gasteiger partial charge on any atom is -0.369 e. The summed E-state index contributed by atoms with van der Waals surface area (Å²) in [5.74, 6) is 1.35. The van der Waals surface area contributed by atoms with Gasteiger partial charge in [0.25, 0.3) is 0 Å². The number of benzene rings is 2. The minimum absolute atomic E-state index is 0.478. The lowest BCUT2D eigenvalue weighted by atomic mass is 10.0. The van der Waals surface area contributed by atoms with Crippen LogP contribution >= 0.6 is 0 Å². The van der Waals surface area contributed by atoms with Gasteiger partial charge in [0, 0.05) is 45.0 Å². The molecule has 142 valence electrons. The van der Waals surface area contributed by atoms with Gasteiger partial charge in [-0.15, -0.1) is 0 Å². The summed E-state index contributed by atoms with van der Waals surface area (Å²) in [5.41, 5.74) is 4.83. The Balaban J connectivity index is 1.28. The van der Waals surface area contributed by atoms with Crippen molar-refractivity contribution in [2.75, 3.05) is 49.5 Å². The van der Waals surface area contributed by atoms with Gasteiger partial charge in [0.2, 0.25) is 5.95 Å². The summed E-state index contributed by atoms with van der Waals surface area (Å²) in [4.78, 5) is 13.2. The van der Waals surface area contributed by atoms with E-state index in [2.05, 4.69) is 82.5 Å². The normalized spacial score (nSPS) is 15.6. The number of nitrogens with zero attached hydrogens (tertiary/aromatic N) is 3. The first-order valence-corrected chi connectivity index (χ1v) is 9.95. The maximum Gasteiger partial charge on any atom is 0.201 e. The molecule has 1 fully saturated rings. The lowest BCUT2D eigenvalue weighted by molar-refractivity contribution is 0.267. The lowest BCUT2D eigenvalue weighted by Crippen LogP contribution is -2.47. The largest absolute Gasteiger partial charge is 0.369 e. The average Bonchev–Trinajstić information content (AvgIpc) is 3.12. The van der Waals surface area contributed by atoms with Crippen LogP contribution < -0.4 is 10.2 Å². The molecule has 5 heteroatoms. The van der Waals surface area contributed by atoms with Crippen molar-refractivity contribution < 1.29 is 0 Å². The summed E-state index contributed by atoms with van der Waals surface area (Å²) in [6.07, 6.45) is 0. The van der Waals surface area contributed by atoms with Gasteiger partial charge >= 0.3 is 0 Å². The molecule has 4 rings (SSSR count). The van der Waals surface area contributed by atoms with Gasteiger partial charge in [-0.25, -0.2) is 4.98 Å². The number of nitrogens with one attached hydrogen (secondary N) is 2. The standard InChI is InChI=1S/C22H29N5/c1-17(2)19-9-6-10-20-21(19)25-22(24-20)23-11-12-26-13-15-27(16-14-26)18-7-4-3-5-8-18/h3-10,17H,11-16H2,1-2H3,(H2,23,24,25). The number of imidazole rings is 1. The molecule has 2 N–H and O–H groups in total. The number of piperazine rings is 1. The van der Waals surface area contributed by atoms with Gasteiger partial charge in [0.1, 0.15) is 0 Å². The zero-order chi connectivity index (χ0) is 18.6. The highest BCUT2D eigenvalue weighted by molar-refractivity contribution is 5.81. The van der Waals surface area contributed by atoms with Crippen LogP contribution in [-0.4, -0.2) is 54.1 Å². The van der Waals surface area contributed by atoms with Gasteiger partial charge in [-0.05, 0) is 29.7 Å². The maximum absolute atomic E-state index is 4.77. The molecule has 0 saturated carbocycles. The van der Waals surface area contributed by atoms with E-state index in [-0.39, 0.29) is 0 Å². The van der Waals surface area contributed by atoms with Gasteiger partial charge in [-0.1, -0.05) is 44.2 Å². The van der Waals surface area contributed by atoms with E-state index >= 15 is 0 Å². The molecule has 2 heterocycles. The second-order valence-electron chi connectivity index (χ2n) is 7.57. The Morgan fingerprint density at radius 2 is 1.78 bits per heavy atom. The Hall–Kier alpha value is -2.53. The molecule has 0 unspecified atom stereocenters. The van der Waals surface area contributed by atoms with E-state index in [1.54, 1.807) is 0 Å². The van der Waals surface area contributed by atoms with Crippen molar-refractivity contribution in [1.29, 1.82) is 0 Å². The average molecular weight is 364 g/mol. The maximum atomic E-state index is 4.77. The molecule has 1 aliphatic rings. The molecule has 0 aliphatic carbocycles. The third kappa shape index (κ3) is 4.08. The highest BCUT2D eigenvalue weighted by atomic mass is 15.3. The van der Waals surface area contributed by atoms with Gasteiger partial charge in [0.05, 0.1) is 11.0 Å². The van der Waals surface area contributed by atoms with Gasteiger partial charge in [-0.2, -0.15) is 0 Å². The fourth-order valence-corrected chi connectivity index (χ4v) is 3.80. The third-order valence-corrected chi connectivity index (χ3v) is 5.38. The van der Waals surface area contributed by atoms with E-state index in [0.717, 1.165) is 56.3 Å². The molecule has 1 saturated heterocycles. The molecular weight excluding hydrogens is 334 g/mol. The minimum atomic E-state index is 0.478. The van der Waals surface area contributed by atoms with Crippen LogP contribution in [0.4, 0.5) is 11.6 Å². The van der Waals surface area contributed by atoms with Gasteiger partial charge in [-0.3, -0.25) is 4.90 Å². The van der Waals surface area contributed by atoms with Crippen LogP contribution in [0.1, 0.15) is 25.3 Å². The van der Waals surface area contributed by atoms with Crippen molar-refractivity contribution in [2.45, 2.75) is 19.8 Å². The fraction of sp³-hybridized carbons (Fsp3) is 0.409. The number of aromatic amines is 1. The van der Waals surface area contributed by atoms with Gasteiger partial charge in [0.15, 0.2) is 0 Å². The molecular formula is C22H29N5. The number of H-pyrrole nitrogens is 1. The van der Waals surface area contributed by atoms with E-state index in [1.807, 2.05) is 0 Å². The Morgan fingerprint density at radius 3 is 2.52 bits per heavy atom. The second kappa shape index (κ2) is 8.01. The van der Waals surface area contributed by atoms with Crippen LogP contribution in [0.5, 0.6) is 0 Å². The highest BCUT2D eigenvalue weighted by Crippen LogP contribution is 2.24. The molecule has 27 heavy (non-hydrogen) atoms. The molecule has 0 spiro atoms. The first-order chi connectivity index (χ1) is 13.2. The first kappa shape index (κ1) is 17.9. The summed E-state index contributed by atoms with van der Waals surface area (Å²) in [6.45, 7) is 10.8. The predicted octanol–water partition coefficient (Wildman–Crippen LogP) is 3.92.